The molecule has 1 N–H and O–H groups in total. The number of rotatable bonds is 5. The average Bonchev–Trinajstić information content (AvgIpc) is 2.65. The number of hydrogen-bond acceptors (Lipinski definition) is 5. The summed E-state index contributed by atoms with van der Waals surface area (Å²) in [5, 5.41) is 11.3. The second kappa shape index (κ2) is 8.50. The fourth-order valence-electron chi connectivity index (χ4n) is 2.48. The SMILES string of the molecule is CCn1cc(C(=O)NCc2ccc([S@@](C)(=O)=NC#N)cc2)c(=O)c(Br)c1C. The molecule has 0 bridgehead atoms. The molecule has 7 nitrogen and oxygen atoms in total. The molecule has 1 amide bonds. The lowest BCUT2D eigenvalue weighted by Crippen LogP contribution is -2.30. The van der Waals surface area contributed by atoms with E-state index in [2.05, 4.69) is 25.6 Å². The van der Waals surface area contributed by atoms with Gasteiger partial charge in [0, 0.05) is 36.1 Å². The van der Waals surface area contributed by atoms with E-state index in [0.717, 1.165) is 11.3 Å². The molecule has 2 rings (SSSR count). The van der Waals surface area contributed by atoms with Crippen molar-refractivity contribution in [3.63, 3.8) is 0 Å². The zero-order valence-corrected chi connectivity index (χ0v) is 17.6. The van der Waals surface area contributed by atoms with Gasteiger partial charge in [0.25, 0.3) is 5.91 Å². The number of nitrogens with one attached hydrogen (secondary N) is 1. The minimum absolute atomic E-state index is 0.0651. The molecular formula is C18H19BrN4O3S. The van der Waals surface area contributed by atoms with Gasteiger partial charge >= 0.3 is 0 Å². The van der Waals surface area contributed by atoms with Crippen LogP contribution in [0.5, 0.6) is 0 Å². The minimum atomic E-state index is -2.75. The van der Waals surface area contributed by atoms with E-state index in [1.165, 1.54) is 6.26 Å². The Morgan fingerprint density at radius 2 is 2.00 bits per heavy atom. The van der Waals surface area contributed by atoms with E-state index in [4.69, 9.17) is 5.26 Å². The van der Waals surface area contributed by atoms with Gasteiger partial charge in [0.2, 0.25) is 11.6 Å². The highest BCUT2D eigenvalue weighted by Crippen LogP contribution is 2.14. The van der Waals surface area contributed by atoms with Gasteiger partial charge < -0.3 is 9.88 Å². The predicted octanol–water partition coefficient (Wildman–Crippen LogP) is 2.81. The van der Waals surface area contributed by atoms with E-state index in [0.29, 0.717) is 15.9 Å². The lowest BCUT2D eigenvalue weighted by atomic mass is 10.2. The van der Waals surface area contributed by atoms with Crippen LogP contribution < -0.4 is 10.7 Å². The molecule has 0 aliphatic carbocycles. The summed E-state index contributed by atoms with van der Waals surface area (Å²) in [7, 11) is -2.75. The molecule has 9 heteroatoms. The molecule has 1 aromatic carbocycles. The van der Waals surface area contributed by atoms with Crippen LogP contribution in [-0.2, 0) is 22.8 Å². The van der Waals surface area contributed by atoms with Crippen molar-refractivity contribution in [2.75, 3.05) is 6.26 Å². The summed E-state index contributed by atoms with van der Waals surface area (Å²) in [5.74, 6) is -0.467. The third-order valence-corrected chi connectivity index (χ3v) is 6.60. The van der Waals surface area contributed by atoms with Crippen LogP contribution in [0.1, 0.15) is 28.5 Å². The predicted molar refractivity (Wildman–Crippen MR) is 107 cm³/mol. The monoisotopic (exact) mass is 450 g/mol. The van der Waals surface area contributed by atoms with Crippen LogP contribution in [0.4, 0.5) is 0 Å². The first kappa shape index (κ1) is 20.9. The van der Waals surface area contributed by atoms with Crippen molar-refractivity contribution in [1.82, 2.24) is 9.88 Å². The number of benzene rings is 1. The third kappa shape index (κ3) is 4.64. The first-order chi connectivity index (χ1) is 12.7. The number of nitrogens with zero attached hydrogens (tertiary/aromatic N) is 3. The quantitative estimate of drug-likeness (QED) is 0.706. The van der Waals surface area contributed by atoms with E-state index in [1.54, 1.807) is 36.7 Å². The summed E-state index contributed by atoms with van der Waals surface area (Å²) in [6, 6.07) is 6.61. The lowest BCUT2D eigenvalue weighted by molar-refractivity contribution is 0.0949. The Bertz CT molecular complexity index is 1090. The molecule has 0 aliphatic rings. The smallest absolute Gasteiger partial charge is 0.257 e. The molecule has 2 aromatic rings. The number of amides is 1. The van der Waals surface area contributed by atoms with Crippen LogP contribution >= 0.6 is 15.9 Å². The van der Waals surface area contributed by atoms with Gasteiger partial charge in [-0.2, -0.15) is 5.26 Å². The van der Waals surface area contributed by atoms with Crippen LogP contribution in [0.25, 0.3) is 0 Å². The van der Waals surface area contributed by atoms with Gasteiger partial charge in [0.1, 0.15) is 5.56 Å². The molecule has 27 heavy (non-hydrogen) atoms. The van der Waals surface area contributed by atoms with Crippen molar-refractivity contribution >= 4 is 31.6 Å². The number of halogens is 1. The van der Waals surface area contributed by atoms with E-state index < -0.39 is 15.6 Å². The van der Waals surface area contributed by atoms with Crippen molar-refractivity contribution in [3.05, 3.63) is 62.0 Å². The normalized spacial score (nSPS) is 12.7. The van der Waals surface area contributed by atoms with Gasteiger partial charge in [-0.15, -0.1) is 4.36 Å². The van der Waals surface area contributed by atoms with Crippen LogP contribution in [0.2, 0.25) is 0 Å². The van der Waals surface area contributed by atoms with Crippen LogP contribution in [-0.4, -0.2) is 20.9 Å². The Hall–Kier alpha value is -2.44. The van der Waals surface area contributed by atoms with Crippen molar-refractivity contribution in [1.29, 1.82) is 5.26 Å². The Labute approximate surface area is 166 Å². The van der Waals surface area contributed by atoms with E-state index in [-0.39, 0.29) is 17.5 Å². The first-order valence-electron chi connectivity index (χ1n) is 8.08. The minimum Gasteiger partial charge on any atom is -0.350 e. The van der Waals surface area contributed by atoms with Crippen LogP contribution in [0.3, 0.4) is 0 Å². The van der Waals surface area contributed by atoms with Crippen molar-refractivity contribution in [2.45, 2.75) is 31.8 Å². The Morgan fingerprint density at radius 3 is 2.56 bits per heavy atom. The fraction of sp³-hybridized carbons (Fsp3) is 0.278. The van der Waals surface area contributed by atoms with Gasteiger partial charge in [0.05, 0.1) is 14.2 Å². The number of aryl methyl sites for hydroxylation is 1. The molecule has 0 unspecified atom stereocenters. The maximum Gasteiger partial charge on any atom is 0.257 e. The Morgan fingerprint density at radius 1 is 1.37 bits per heavy atom. The highest BCUT2D eigenvalue weighted by molar-refractivity contribution is 9.10. The molecule has 1 aromatic heterocycles. The average molecular weight is 451 g/mol. The number of carbonyl (C=O) groups excluding carboxylic acids is 1. The highest BCUT2D eigenvalue weighted by Gasteiger charge is 2.16. The molecule has 0 saturated carbocycles. The van der Waals surface area contributed by atoms with Gasteiger partial charge in [0.15, 0.2) is 0 Å². The van der Waals surface area contributed by atoms with Crippen molar-refractivity contribution in [3.8, 4) is 6.19 Å². The largest absolute Gasteiger partial charge is 0.350 e. The maximum atomic E-state index is 12.4. The fourth-order valence-corrected chi connectivity index (χ4v) is 3.82. The Kier molecular flexibility index (Phi) is 6.57. The number of carbonyl (C=O) groups is 1. The van der Waals surface area contributed by atoms with Gasteiger partial charge in [-0.05, 0) is 47.5 Å². The summed E-state index contributed by atoms with van der Waals surface area (Å²) in [6.07, 6.45) is 4.50. The lowest BCUT2D eigenvalue weighted by Gasteiger charge is -2.12. The molecular weight excluding hydrogens is 432 g/mol. The van der Waals surface area contributed by atoms with Crippen LogP contribution in [0, 0.1) is 18.4 Å². The number of aromatic nitrogens is 1. The second-order valence-electron chi connectivity index (χ2n) is 5.88. The highest BCUT2D eigenvalue weighted by atomic mass is 79.9. The molecule has 0 aliphatic heterocycles. The summed E-state index contributed by atoms with van der Waals surface area (Å²) in [5.41, 5.74) is 1.24. The van der Waals surface area contributed by atoms with Gasteiger partial charge in [-0.25, -0.2) is 4.21 Å². The van der Waals surface area contributed by atoms with Crippen molar-refractivity contribution in [2.24, 2.45) is 4.36 Å². The molecule has 0 spiro atoms. The summed E-state index contributed by atoms with van der Waals surface area (Å²) in [6.45, 7) is 4.58. The third-order valence-electron chi connectivity index (χ3n) is 4.09. The van der Waals surface area contributed by atoms with E-state index in [1.807, 2.05) is 18.4 Å². The molecule has 0 fully saturated rings. The zero-order chi connectivity index (χ0) is 20.2. The van der Waals surface area contributed by atoms with Crippen LogP contribution in [0.15, 0.2) is 49.0 Å². The molecule has 0 saturated heterocycles. The summed E-state index contributed by atoms with van der Waals surface area (Å²) < 4.78 is 17.8. The number of nitriles is 1. The van der Waals surface area contributed by atoms with Gasteiger partial charge in [-0.3, -0.25) is 9.59 Å². The zero-order valence-electron chi connectivity index (χ0n) is 15.2. The molecule has 142 valence electrons. The maximum absolute atomic E-state index is 12.4. The van der Waals surface area contributed by atoms with Gasteiger partial charge in [-0.1, -0.05) is 12.1 Å². The molecule has 0 radical (unpaired) electrons. The first-order valence-corrected chi connectivity index (χ1v) is 10.8. The molecule has 1 heterocycles. The van der Waals surface area contributed by atoms with E-state index >= 15 is 0 Å². The summed E-state index contributed by atoms with van der Waals surface area (Å²) >= 11 is 3.25. The van der Waals surface area contributed by atoms with E-state index in [9.17, 15) is 13.8 Å². The Balaban J connectivity index is 2.19. The molecule has 1 atom stereocenters. The standard InChI is InChI=1S/C18H19BrN4O3S/c1-4-23-10-15(17(24)16(19)12(23)2)18(25)21-9-13-5-7-14(8-6-13)27(3,26)22-11-20/h5-8,10H,4,9H2,1-3H3,(H,21,25)/t27-/m1/s1. The number of pyridine rings is 1. The van der Waals surface area contributed by atoms with Crippen molar-refractivity contribution < 1.29 is 9.00 Å². The second-order valence-corrected chi connectivity index (χ2v) is 8.93. The topological polar surface area (TPSA) is 104 Å². The number of hydrogen-bond donors (Lipinski definition) is 1. The summed E-state index contributed by atoms with van der Waals surface area (Å²) in [4.78, 5) is 25.2.